The number of Topliss-reactive ketones (excluding diaryl/α,β-unsaturated/α-hetero) is 1. The molecule has 0 fully saturated rings. The fourth-order valence-electron chi connectivity index (χ4n) is 5.11. The number of carbonyl (C=O) groups is 3. The summed E-state index contributed by atoms with van der Waals surface area (Å²) >= 11 is 0. The number of hydrogen-bond acceptors (Lipinski definition) is 9. The van der Waals surface area contributed by atoms with Crippen LogP contribution in [0.1, 0.15) is 84.8 Å². The minimum atomic E-state index is -0.689. The van der Waals surface area contributed by atoms with E-state index in [1.165, 1.54) is 21.3 Å². The van der Waals surface area contributed by atoms with E-state index in [9.17, 15) is 19.5 Å². The Kier molecular flexibility index (Phi) is 8.79. The number of fused-ring (bicyclic) bond motifs is 2. The van der Waals surface area contributed by atoms with Crippen LogP contribution in [-0.2, 0) is 14.3 Å². The Hall–Kier alpha value is -4.01. The van der Waals surface area contributed by atoms with Gasteiger partial charge in [-0.15, -0.1) is 0 Å². The first-order chi connectivity index (χ1) is 18.8. The molecule has 9 heteroatoms. The van der Waals surface area contributed by atoms with Crippen molar-refractivity contribution in [3.8, 4) is 28.7 Å². The standard InChI is InChI=1S/C30H34O9/c1-17-9-8-12-20(31)11-7-5-6-10-18-13-22-27(28(33)26(18)30(34)38-17)21(16-25(32)39-22)19-14-23(35-2)29(37-4)24(15-19)36-3/h6,10,13-15,17,21,33H,5,7-9,11-12,16H2,1-4H3/t17-,21-/m0/s1. The number of methoxy groups -OCH3 is 3. The van der Waals surface area contributed by atoms with Gasteiger partial charge in [0.05, 0.1) is 33.9 Å². The van der Waals surface area contributed by atoms with Gasteiger partial charge in [-0.2, -0.15) is 0 Å². The van der Waals surface area contributed by atoms with Crippen LogP contribution in [0.4, 0.5) is 0 Å². The van der Waals surface area contributed by atoms with Crippen molar-refractivity contribution in [1.29, 1.82) is 0 Å². The molecule has 2 aromatic rings. The number of allylic oxidation sites excluding steroid dienone is 1. The highest BCUT2D eigenvalue weighted by Gasteiger charge is 2.36. The first-order valence-electron chi connectivity index (χ1n) is 13.1. The van der Waals surface area contributed by atoms with E-state index in [2.05, 4.69) is 0 Å². The maximum atomic E-state index is 13.4. The minimum absolute atomic E-state index is 0.000349. The molecule has 2 heterocycles. The van der Waals surface area contributed by atoms with Gasteiger partial charge in [-0.3, -0.25) is 9.59 Å². The first kappa shape index (κ1) is 28.0. The molecule has 0 spiro atoms. The van der Waals surface area contributed by atoms with Crippen LogP contribution in [0.5, 0.6) is 28.7 Å². The van der Waals surface area contributed by atoms with Gasteiger partial charge < -0.3 is 28.8 Å². The van der Waals surface area contributed by atoms with Crippen LogP contribution in [0.15, 0.2) is 24.3 Å². The van der Waals surface area contributed by atoms with E-state index in [1.807, 2.05) is 6.08 Å². The molecule has 0 saturated heterocycles. The predicted octanol–water partition coefficient (Wildman–Crippen LogP) is 5.34. The maximum Gasteiger partial charge on any atom is 0.342 e. The van der Waals surface area contributed by atoms with Crippen molar-refractivity contribution in [2.45, 2.75) is 63.9 Å². The van der Waals surface area contributed by atoms with E-state index in [0.717, 1.165) is 0 Å². The average molecular weight is 539 g/mol. The first-order valence-corrected chi connectivity index (χ1v) is 13.1. The topological polar surface area (TPSA) is 118 Å². The highest BCUT2D eigenvalue weighted by Crippen LogP contribution is 2.49. The summed E-state index contributed by atoms with van der Waals surface area (Å²) in [5.74, 6) is -0.628. The van der Waals surface area contributed by atoms with Crippen LogP contribution in [0.25, 0.3) is 6.08 Å². The summed E-state index contributed by atoms with van der Waals surface area (Å²) in [6.45, 7) is 1.76. The zero-order valence-electron chi connectivity index (χ0n) is 22.7. The Morgan fingerprint density at radius 2 is 1.64 bits per heavy atom. The quantitative estimate of drug-likeness (QED) is 0.406. The Morgan fingerprint density at radius 3 is 2.31 bits per heavy atom. The lowest BCUT2D eigenvalue weighted by Gasteiger charge is -2.28. The summed E-state index contributed by atoms with van der Waals surface area (Å²) in [6, 6.07) is 4.99. The number of hydrogen-bond donors (Lipinski definition) is 1. The lowest BCUT2D eigenvalue weighted by molar-refractivity contribution is -0.135. The molecule has 0 aromatic heterocycles. The molecule has 39 heavy (non-hydrogen) atoms. The lowest BCUT2D eigenvalue weighted by atomic mass is 9.83. The molecule has 1 N–H and O–H groups in total. The number of esters is 2. The molecule has 0 saturated carbocycles. The molecule has 0 amide bonds. The molecule has 208 valence electrons. The Bertz CT molecular complexity index is 1270. The third-order valence-corrected chi connectivity index (χ3v) is 7.07. The van der Waals surface area contributed by atoms with Gasteiger partial charge in [0.15, 0.2) is 11.5 Å². The smallest absolute Gasteiger partial charge is 0.342 e. The fraction of sp³-hybridized carbons (Fsp3) is 0.433. The summed E-state index contributed by atoms with van der Waals surface area (Å²) in [5.41, 5.74) is 1.28. The number of ketones is 1. The number of benzene rings is 2. The van der Waals surface area contributed by atoms with Gasteiger partial charge >= 0.3 is 11.9 Å². The van der Waals surface area contributed by atoms with E-state index >= 15 is 0 Å². The van der Waals surface area contributed by atoms with Crippen molar-refractivity contribution in [1.82, 2.24) is 0 Å². The fourth-order valence-corrected chi connectivity index (χ4v) is 5.11. The molecule has 2 aliphatic heterocycles. The van der Waals surface area contributed by atoms with Crippen molar-refractivity contribution >= 4 is 23.8 Å². The van der Waals surface area contributed by atoms with E-state index in [0.29, 0.717) is 72.5 Å². The molecule has 0 bridgehead atoms. The monoisotopic (exact) mass is 538 g/mol. The Balaban J connectivity index is 1.86. The Morgan fingerprint density at radius 1 is 0.949 bits per heavy atom. The second-order valence-corrected chi connectivity index (χ2v) is 9.73. The number of cyclic esters (lactones) is 1. The molecular formula is C30H34O9. The maximum absolute atomic E-state index is 13.4. The van der Waals surface area contributed by atoms with Gasteiger partial charge in [0, 0.05) is 24.3 Å². The van der Waals surface area contributed by atoms with E-state index in [-0.39, 0.29) is 29.3 Å². The van der Waals surface area contributed by atoms with Crippen LogP contribution in [0, 0.1) is 0 Å². The van der Waals surface area contributed by atoms with E-state index in [4.69, 9.17) is 23.7 Å². The third kappa shape index (κ3) is 6.02. The molecule has 4 rings (SSSR count). The number of phenolic OH excluding ortho intramolecular Hbond substituents is 1. The number of phenols is 1. The summed E-state index contributed by atoms with van der Waals surface area (Å²) in [4.78, 5) is 38.2. The van der Waals surface area contributed by atoms with E-state index in [1.54, 1.807) is 31.2 Å². The molecule has 0 aliphatic carbocycles. The summed E-state index contributed by atoms with van der Waals surface area (Å²) in [7, 11) is 4.47. The molecular weight excluding hydrogens is 504 g/mol. The van der Waals surface area contributed by atoms with Gasteiger partial charge in [0.2, 0.25) is 5.75 Å². The highest BCUT2D eigenvalue weighted by atomic mass is 16.5. The van der Waals surface area contributed by atoms with Crippen molar-refractivity contribution in [2.24, 2.45) is 0 Å². The number of carbonyl (C=O) groups excluding carboxylic acids is 3. The largest absolute Gasteiger partial charge is 0.507 e. The van der Waals surface area contributed by atoms with Crippen molar-refractivity contribution in [3.05, 3.63) is 46.5 Å². The SMILES string of the molecule is COc1cc([C@@H]2CC(=O)Oc3cc4c(c(O)c32)C(=O)O[C@@H](C)CCCC(=O)CCCC=C4)cc(OC)c1OC. The number of aromatic hydroxyl groups is 1. The number of ether oxygens (including phenoxy) is 5. The molecule has 2 aliphatic rings. The van der Waals surface area contributed by atoms with Crippen LogP contribution in [-0.4, -0.2) is 50.3 Å². The zero-order valence-corrected chi connectivity index (χ0v) is 22.7. The molecule has 0 unspecified atom stereocenters. The second-order valence-electron chi connectivity index (χ2n) is 9.73. The molecule has 0 radical (unpaired) electrons. The van der Waals surface area contributed by atoms with Crippen LogP contribution < -0.4 is 18.9 Å². The molecule has 2 atom stereocenters. The van der Waals surface area contributed by atoms with Crippen molar-refractivity contribution in [2.75, 3.05) is 21.3 Å². The van der Waals surface area contributed by atoms with Gasteiger partial charge in [0.1, 0.15) is 22.8 Å². The van der Waals surface area contributed by atoms with Crippen LogP contribution in [0.2, 0.25) is 0 Å². The Labute approximate surface area is 227 Å². The van der Waals surface area contributed by atoms with Gasteiger partial charge in [0.25, 0.3) is 0 Å². The summed E-state index contributed by atoms with van der Waals surface area (Å²) in [5, 5.41) is 11.6. The summed E-state index contributed by atoms with van der Waals surface area (Å²) in [6.07, 6.45) is 6.36. The predicted molar refractivity (Wildman–Crippen MR) is 143 cm³/mol. The summed E-state index contributed by atoms with van der Waals surface area (Å²) < 4.78 is 27.6. The zero-order chi connectivity index (χ0) is 28.1. The minimum Gasteiger partial charge on any atom is -0.507 e. The van der Waals surface area contributed by atoms with Gasteiger partial charge in [-0.05, 0) is 61.9 Å². The third-order valence-electron chi connectivity index (χ3n) is 7.07. The van der Waals surface area contributed by atoms with Crippen molar-refractivity contribution < 1.29 is 43.2 Å². The average Bonchev–Trinajstić information content (AvgIpc) is 2.90. The lowest BCUT2D eigenvalue weighted by Crippen LogP contribution is -2.23. The van der Waals surface area contributed by atoms with Crippen LogP contribution >= 0.6 is 0 Å². The van der Waals surface area contributed by atoms with Gasteiger partial charge in [-0.25, -0.2) is 4.79 Å². The second kappa shape index (κ2) is 12.2. The van der Waals surface area contributed by atoms with Gasteiger partial charge in [-0.1, -0.05) is 12.2 Å². The van der Waals surface area contributed by atoms with E-state index < -0.39 is 24.0 Å². The van der Waals surface area contributed by atoms with Crippen LogP contribution in [0.3, 0.4) is 0 Å². The molecule has 2 aromatic carbocycles. The number of rotatable bonds is 4. The highest BCUT2D eigenvalue weighted by molar-refractivity contribution is 5.98. The van der Waals surface area contributed by atoms with Crippen molar-refractivity contribution in [3.63, 3.8) is 0 Å². The molecule has 9 nitrogen and oxygen atoms in total. The normalized spacial score (nSPS) is 20.2.